The summed E-state index contributed by atoms with van der Waals surface area (Å²) in [5.41, 5.74) is 3.35. The van der Waals surface area contributed by atoms with Gasteiger partial charge in [-0.1, -0.05) is 0 Å². The highest BCUT2D eigenvalue weighted by Crippen LogP contribution is 2.29. The van der Waals surface area contributed by atoms with E-state index in [0.29, 0.717) is 11.9 Å². The number of fused-ring (bicyclic) bond motifs is 2. The Morgan fingerprint density at radius 2 is 1.84 bits per heavy atom. The average molecular weight is 339 g/mol. The molecule has 0 spiro atoms. The van der Waals surface area contributed by atoms with Gasteiger partial charge in [0.25, 0.3) is 0 Å². The van der Waals surface area contributed by atoms with Crippen LogP contribution >= 0.6 is 0 Å². The van der Waals surface area contributed by atoms with Gasteiger partial charge in [0.05, 0.1) is 18.1 Å². The molecule has 25 heavy (non-hydrogen) atoms. The van der Waals surface area contributed by atoms with Gasteiger partial charge in [-0.05, 0) is 43.7 Å². The van der Waals surface area contributed by atoms with Crippen LogP contribution in [0.2, 0.25) is 0 Å². The number of aromatic nitrogens is 6. The van der Waals surface area contributed by atoms with Crippen molar-refractivity contribution < 1.29 is 4.39 Å². The third-order valence-electron chi connectivity index (χ3n) is 5.19. The molecule has 0 N–H and O–H groups in total. The van der Waals surface area contributed by atoms with Crippen LogP contribution in [0.3, 0.4) is 0 Å². The molecule has 1 aliphatic carbocycles. The van der Waals surface area contributed by atoms with Crippen LogP contribution in [0.4, 0.5) is 10.3 Å². The molecule has 1 saturated heterocycles. The van der Waals surface area contributed by atoms with Crippen molar-refractivity contribution in [3.05, 3.63) is 41.4 Å². The lowest BCUT2D eigenvalue weighted by atomic mass is 9.96. The molecule has 1 fully saturated rings. The molecule has 3 aromatic heterocycles. The van der Waals surface area contributed by atoms with Crippen molar-refractivity contribution in [2.24, 2.45) is 0 Å². The predicted octanol–water partition coefficient (Wildman–Crippen LogP) is 1.93. The molecule has 1 aliphatic heterocycles. The van der Waals surface area contributed by atoms with Crippen LogP contribution in [0, 0.1) is 5.82 Å². The Bertz CT molecular complexity index is 913. The van der Waals surface area contributed by atoms with Gasteiger partial charge < -0.3 is 4.90 Å². The molecule has 0 bridgehead atoms. The van der Waals surface area contributed by atoms with Crippen LogP contribution < -0.4 is 4.90 Å². The minimum absolute atomic E-state index is 0.318. The summed E-state index contributed by atoms with van der Waals surface area (Å²) in [5, 5.41) is 13.5. The highest BCUT2D eigenvalue weighted by molar-refractivity contribution is 5.43. The van der Waals surface area contributed by atoms with E-state index in [1.54, 1.807) is 0 Å². The van der Waals surface area contributed by atoms with Crippen LogP contribution in [0.1, 0.15) is 42.3 Å². The van der Waals surface area contributed by atoms with E-state index >= 15 is 0 Å². The second kappa shape index (κ2) is 5.72. The number of aryl methyl sites for hydroxylation is 2. The van der Waals surface area contributed by atoms with Crippen molar-refractivity contribution in [1.82, 2.24) is 29.8 Å². The second-order valence-electron chi connectivity index (χ2n) is 6.76. The number of piperidine rings is 1. The minimum atomic E-state index is -0.410. The van der Waals surface area contributed by atoms with E-state index in [2.05, 4.69) is 31.1 Å². The highest BCUT2D eigenvalue weighted by Gasteiger charge is 2.27. The first kappa shape index (κ1) is 14.7. The summed E-state index contributed by atoms with van der Waals surface area (Å²) >= 11 is 0. The van der Waals surface area contributed by atoms with Gasteiger partial charge in [-0.3, -0.25) is 0 Å². The summed E-state index contributed by atoms with van der Waals surface area (Å²) in [6, 6.07) is 2.13. The van der Waals surface area contributed by atoms with Gasteiger partial charge >= 0.3 is 0 Å². The van der Waals surface area contributed by atoms with Crippen molar-refractivity contribution in [2.45, 2.75) is 38.0 Å². The maximum absolute atomic E-state index is 13.0. The van der Waals surface area contributed by atoms with E-state index in [1.807, 2.05) is 4.52 Å². The standard InChI is InChI=1S/C17H18FN7/c18-13-9-19-17(20-10-13)24-6-4-11(5-7-24)16-22-21-15-8-12-2-1-3-14(12)23-25(15)16/h8-11H,1-7H2. The number of halogens is 1. The summed E-state index contributed by atoms with van der Waals surface area (Å²) in [6.07, 6.45) is 7.60. The lowest BCUT2D eigenvalue weighted by Crippen LogP contribution is -2.34. The predicted molar refractivity (Wildman–Crippen MR) is 89.0 cm³/mol. The van der Waals surface area contributed by atoms with Crippen LogP contribution in [0.5, 0.6) is 0 Å². The van der Waals surface area contributed by atoms with Crippen LogP contribution in [-0.2, 0) is 12.8 Å². The van der Waals surface area contributed by atoms with E-state index in [9.17, 15) is 4.39 Å². The zero-order valence-electron chi connectivity index (χ0n) is 13.8. The zero-order chi connectivity index (χ0) is 16.8. The van der Waals surface area contributed by atoms with Crippen LogP contribution in [-0.4, -0.2) is 42.9 Å². The zero-order valence-corrected chi connectivity index (χ0v) is 13.8. The van der Waals surface area contributed by atoms with Crippen LogP contribution in [0.25, 0.3) is 5.65 Å². The summed E-state index contributed by atoms with van der Waals surface area (Å²) < 4.78 is 14.9. The Labute approximate surface area is 143 Å². The Morgan fingerprint density at radius 3 is 2.64 bits per heavy atom. The van der Waals surface area contributed by atoms with E-state index in [0.717, 1.165) is 50.2 Å². The topological polar surface area (TPSA) is 72.1 Å². The Morgan fingerprint density at radius 1 is 1.04 bits per heavy atom. The minimum Gasteiger partial charge on any atom is -0.341 e. The van der Waals surface area contributed by atoms with E-state index in [-0.39, 0.29) is 0 Å². The Balaban J connectivity index is 1.37. The third-order valence-corrected chi connectivity index (χ3v) is 5.19. The molecular formula is C17H18FN7. The van der Waals surface area contributed by atoms with Crippen LogP contribution in [0.15, 0.2) is 18.5 Å². The molecule has 0 aromatic carbocycles. The summed E-state index contributed by atoms with van der Waals surface area (Å²) in [5.74, 6) is 1.44. The molecule has 3 aromatic rings. The van der Waals surface area contributed by atoms with Crippen molar-refractivity contribution in [3.8, 4) is 0 Å². The average Bonchev–Trinajstić information content (AvgIpc) is 3.26. The molecule has 8 heteroatoms. The maximum atomic E-state index is 13.0. The summed E-state index contributed by atoms with van der Waals surface area (Å²) in [6.45, 7) is 1.63. The van der Waals surface area contributed by atoms with E-state index in [4.69, 9.17) is 5.10 Å². The number of anilines is 1. The number of nitrogens with zero attached hydrogens (tertiary/aromatic N) is 7. The molecule has 2 aliphatic rings. The van der Waals surface area contributed by atoms with Gasteiger partial charge in [-0.2, -0.15) is 9.61 Å². The molecule has 0 amide bonds. The van der Waals surface area contributed by atoms with E-state index in [1.165, 1.54) is 30.1 Å². The quantitative estimate of drug-likeness (QED) is 0.710. The molecule has 0 radical (unpaired) electrons. The smallest absolute Gasteiger partial charge is 0.225 e. The van der Waals surface area contributed by atoms with Gasteiger partial charge in [0.2, 0.25) is 5.95 Å². The Hall–Kier alpha value is -2.64. The fourth-order valence-corrected chi connectivity index (χ4v) is 3.86. The molecule has 7 nitrogen and oxygen atoms in total. The molecule has 0 saturated carbocycles. The molecular weight excluding hydrogens is 321 g/mol. The maximum Gasteiger partial charge on any atom is 0.225 e. The second-order valence-corrected chi connectivity index (χ2v) is 6.76. The molecule has 0 atom stereocenters. The fraction of sp³-hybridized carbons (Fsp3) is 0.471. The fourth-order valence-electron chi connectivity index (χ4n) is 3.86. The molecule has 0 unspecified atom stereocenters. The third kappa shape index (κ3) is 2.52. The van der Waals surface area contributed by atoms with E-state index < -0.39 is 5.82 Å². The number of hydrogen-bond donors (Lipinski definition) is 0. The van der Waals surface area contributed by atoms with Gasteiger partial charge in [0.1, 0.15) is 0 Å². The van der Waals surface area contributed by atoms with Gasteiger partial charge in [-0.25, -0.2) is 14.4 Å². The lowest BCUT2D eigenvalue weighted by Gasteiger charge is -2.30. The largest absolute Gasteiger partial charge is 0.341 e. The molecule has 5 rings (SSSR count). The first-order valence-corrected chi connectivity index (χ1v) is 8.74. The number of rotatable bonds is 2. The first-order valence-electron chi connectivity index (χ1n) is 8.74. The molecule has 4 heterocycles. The van der Waals surface area contributed by atoms with Crippen molar-refractivity contribution >= 4 is 11.6 Å². The van der Waals surface area contributed by atoms with Gasteiger partial charge in [0, 0.05) is 19.0 Å². The monoisotopic (exact) mass is 339 g/mol. The van der Waals surface area contributed by atoms with Crippen molar-refractivity contribution in [1.29, 1.82) is 0 Å². The van der Waals surface area contributed by atoms with Gasteiger partial charge in [0.15, 0.2) is 17.3 Å². The van der Waals surface area contributed by atoms with Gasteiger partial charge in [-0.15, -0.1) is 10.2 Å². The normalized spacial score (nSPS) is 18.0. The number of hydrogen-bond acceptors (Lipinski definition) is 6. The first-order chi connectivity index (χ1) is 12.3. The summed E-state index contributed by atoms with van der Waals surface area (Å²) in [7, 11) is 0. The molecule has 128 valence electrons. The SMILES string of the molecule is Fc1cnc(N2CCC(c3nnc4cc5c(nn34)CCC5)CC2)nc1. The lowest BCUT2D eigenvalue weighted by molar-refractivity contribution is 0.471. The Kier molecular flexibility index (Phi) is 3.36. The summed E-state index contributed by atoms with van der Waals surface area (Å²) in [4.78, 5) is 10.2. The van der Waals surface area contributed by atoms with Crippen molar-refractivity contribution in [2.75, 3.05) is 18.0 Å². The van der Waals surface area contributed by atoms with Crippen molar-refractivity contribution in [3.63, 3.8) is 0 Å². The highest BCUT2D eigenvalue weighted by atomic mass is 19.1.